The van der Waals surface area contributed by atoms with E-state index in [4.69, 9.17) is 37.4 Å². The molecule has 0 saturated carbocycles. The Kier molecular flexibility index (Phi) is 5.22. The molecule has 0 spiro atoms. The van der Waals surface area contributed by atoms with Gasteiger partial charge in [0.1, 0.15) is 5.75 Å². The molecule has 0 amide bonds. The summed E-state index contributed by atoms with van der Waals surface area (Å²) in [6.45, 7) is 0. The number of aromatic nitrogens is 2. The van der Waals surface area contributed by atoms with Gasteiger partial charge in [0.15, 0.2) is 17.1 Å². The minimum atomic E-state index is 0.441. The lowest BCUT2D eigenvalue weighted by Gasteiger charge is -2.14. The molecule has 8 heteroatoms. The maximum Gasteiger partial charge on any atom is 0.162 e. The van der Waals surface area contributed by atoms with E-state index in [1.807, 2.05) is 24.3 Å². The van der Waals surface area contributed by atoms with Crippen LogP contribution in [0.5, 0.6) is 17.2 Å². The molecule has 4 aromatic rings. The summed E-state index contributed by atoms with van der Waals surface area (Å²) in [5.41, 5.74) is 2.80. The van der Waals surface area contributed by atoms with Gasteiger partial charge in [0.25, 0.3) is 0 Å². The van der Waals surface area contributed by atoms with Gasteiger partial charge in [-0.1, -0.05) is 23.2 Å². The predicted octanol–water partition coefficient (Wildman–Crippen LogP) is 5.86. The first-order chi connectivity index (χ1) is 14.0. The molecule has 2 aromatic heterocycles. The topological polar surface area (TPSA) is 65.5 Å². The standard InChI is InChI=1S/C21H17Cl2N3O3/c1-27-18-10-17(13(22)8-14(18)23)25-15-4-5-24-21-12(15)6-11-7-19(28-2)20(29-3)9-16(11)26-21/h4-10H,1-3H3,(H,24,25,26). The third kappa shape index (κ3) is 3.57. The van der Waals surface area contributed by atoms with Gasteiger partial charge >= 0.3 is 0 Å². The zero-order valence-electron chi connectivity index (χ0n) is 15.9. The van der Waals surface area contributed by atoms with Gasteiger partial charge in [-0.25, -0.2) is 9.97 Å². The van der Waals surface area contributed by atoms with Crippen molar-refractivity contribution in [3.8, 4) is 17.2 Å². The predicted molar refractivity (Wildman–Crippen MR) is 116 cm³/mol. The van der Waals surface area contributed by atoms with E-state index in [2.05, 4.69) is 15.3 Å². The number of halogens is 2. The Bertz CT molecular complexity index is 1230. The molecule has 2 heterocycles. The van der Waals surface area contributed by atoms with Crippen molar-refractivity contribution in [1.29, 1.82) is 0 Å². The summed E-state index contributed by atoms with van der Waals surface area (Å²) in [4.78, 5) is 9.07. The van der Waals surface area contributed by atoms with Gasteiger partial charge in [-0.05, 0) is 24.3 Å². The molecule has 6 nitrogen and oxygen atoms in total. The number of fused-ring (bicyclic) bond motifs is 2. The Balaban J connectivity index is 1.86. The monoisotopic (exact) mass is 429 g/mol. The van der Waals surface area contributed by atoms with Gasteiger partial charge in [0.2, 0.25) is 0 Å². The van der Waals surface area contributed by atoms with Crippen LogP contribution in [0.3, 0.4) is 0 Å². The van der Waals surface area contributed by atoms with Crippen molar-refractivity contribution in [3.63, 3.8) is 0 Å². The molecular weight excluding hydrogens is 413 g/mol. The Hall–Kier alpha value is -2.96. The number of rotatable bonds is 5. The van der Waals surface area contributed by atoms with Crippen LogP contribution in [0.1, 0.15) is 0 Å². The summed E-state index contributed by atoms with van der Waals surface area (Å²) < 4.78 is 16.1. The number of nitrogens with zero attached hydrogens (tertiary/aromatic N) is 2. The van der Waals surface area contributed by atoms with Crippen LogP contribution in [0.2, 0.25) is 10.0 Å². The van der Waals surface area contributed by atoms with Crippen LogP contribution < -0.4 is 19.5 Å². The van der Waals surface area contributed by atoms with Crippen molar-refractivity contribution in [2.24, 2.45) is 0 Å². The maximum absolute atomic E-state index is 6.36. The minimum absolute atomic E-state index is 0.441. The largest absolute Gasteiger partial charge is 0.495 e. The Morgan fingerprint density at radius 3 is 2.24 bits per heavy atom. The zero-order valence-corrected chi connectivity index (χ0v) is 17.4. The third-order valence-corrected chi connectivity index (χ3v) is 5.15. The average Bonchev–Trinajstić information content (AvgIpc) is 2.73. The normalized spacial score (nSPS) is 10.9. The third-order valence-electron chi connectivity index (χ3n) is 4.54. The first-order valence-electron chi connectivity index (χ1n) is 8.65. The molecule has 0 radical (unpaired) electrons. The molecule has 0 aliphatic rings. The number of pyridine rings is 2. The lowest BCUT2D eigenvalue weighted by molar-refractivity contribution is 0.356. The molecule has 0 atom stereocenters. The molecule has 4 rings (SSSR count). The van der Waals surface area contributed by atoms with Gasteiger partial charge < -0.3 is 19.5 Å². The Morgan fingerprint density at radius 2 is 1.52 bits per heavy atom. The Morgan fingerprint density at radius 1 is 0.793 bits per heavy atom. The highest BCUT2D eigenvalue weighted by Crippen LogP contribution is 2.38. The molecule has 0 aliphatic carbocycles. The number of hydrogen-bond acceptors (Lipinski definition) is 6. The maximum atomic E-state index is 6.36. The summed E-state index contributed by atoms with van der Waals surface area (Å²) in [6, 6.07) is 11.0. The van der Waals surface area contributed by atoms with E-state index in [0.717, 1.165) is 22.0 Å². The second kappa shape index (κ2) is 7.81. The first kappa shape index (κ1) is 19.4. The van der Waals surface area contributed by atoms with Gasteiger partial charge in [0, 0.05) is 29.1 Å². The quantitative estimate of drug-likeness (QED) is 0.400. The highest BCUT2D eigenvalue weighted by molar-refractivity contribution is 6.37. The molecule has 29 heavy (non-hydrogen) atoms. The molecule has 0 aliphatic heterocycles. The molecule has 1 N–H and O–H groups in total. The fraction of sp³-hybridized carbons (Fsp3) is 0.143. The van der Waals surface area contributed by atoms with Gasteiger partial charge in [-0.3, -0.25) is 0 Å². The van der Waals surface area contributed by atoms with Crippen LogP contribution in [-0.2, 0) is 0 Å². The van der Waals surface area contributed by atoms with Crippen molar-refractivity contribution >= 4 is 56.5 Å². The smallest absolute Gasteiger partial charge is 0.162 e. The summed E-state index contributed by atoms with van der Waals surface area (Å²) in [6.07, 6.45) is 1.69. The van der Waals surface area contributed by atoms with Crippen molar-refractivity contribution < 1.29 is 14.2 Å². The van der Waals surface area contributed by atoms with Crippen LogP contribution in [0.4, 0.5) is 11.4 Å². The molecule has 0 unspecified atom stereocenters. The van der Waals surface area contributed by atoms with Crippen molar-refractivity contribution in [2.75, 3.05) is 26.6 Å². The van der Waals surface area contributed by atoms with Gasteiger partial charge in [-0.15, -0.1) is 0 Å². The number of nitrogens with one attached hydrogen (secondary N) is 1. The SMILES string of the molecule is COc1cc(Nc2ccnc3nc4cc(OC)c(OC)cc4cc23)c(Cl)cc1Cl. The fourth-order valence-electron chi connectivity index (χ4n) is 3.10. The van der Waals surface area contributed by atoms with E-state index in [0.29, 0.717) is 38.6 Å². The molecular formula is C21H17Cl2N3O3. The van der Waals surface area contributed by atoms with Gasteiger partial charge in [-0.2, -0.15) is 0 Å². The van der Waals surface area contributed by atoms with Crippen LogP contribution in [-0.4, -0.2) is 31.3 Å². The lowest BCUT2D eigenvalue weighted by Crippen LogP contribution is -1.97. The number of anilines is 2. The molecule has 0 bridgehead atoms. The van der Waals surface area contributed by atoms with E-state index in [1.165, 1.54) is 0 Å². The van der Waals surface area contributed by atoms with E-state index in [-0.39, 0.29) is 0 Å². The zero-order chi connectivity index (χ0) is 20.5. The second-order valence-corrected chi connectivity index (χ2v) is 7.02. The van der Waals surface area contributed by atoms with E-state index in [1.54, 1.807) is 39.7 Å². The summed E-state index contributed by atoms with van der Waals surface area (Å²) in [7, 11) is 4.75. The van der Waals surface area contributed by atoms with E-state index >= 15 is 0 Å². The summed E-state index contributed by atoms with van der Waals surface area (Å²) in [5.74, 6) is 1.77. The van der Waals surface area contributed by atoms with Crippen molar-refractivity contribution in [2.45, 2.75) is 0 Å². The molecule has 0 saturated heterocycles. The Labute approximate surface area is 177 Å². The molecule has 2 aromatic carbocycles. The summed E-state index contributed by atoms with van der Waals surface area (Å²) in [5, 5.41) is 5.97. The number of ether oxygens (including phenoxy) is 3. The second-order valence-electron chi connectivity index (χ2n) is 6.21. The lowest BCUT2D eigenvalue weighted by atomic mass is 10.1. The van der Waals surface area contributed by atoms with Crippen LogP contribution in [0.25, 0.3) is 21.9 Å². The van der Waals surface area contributed by atoms with E-state index < -0.39 is 0 Å². The van der Waals surface area contributed by atoms with E-state index in [9.17, 15) is 0 Å². The fourth-order valence-corrected chi connectivity index (χ4v) is 3.60. The van der Waals surface area contributed by atoms with Crippen LogP contribution in [0.15, 0.2) is 42.6 Å². The first-order valence-corrected chi connectivity index (χ1v) is 9.41. The van der Waals surface area contributed by atoms with Crippen molar-refractivity contribution in [1.82, 2.24) is 9.97 Å². The van der Waals surface area contributed by atoms with Gasteiger partial charge in [0.05, 0.1) is 48.3 Å². The summed E-state index contributed by atoms with van der Waals surface area (Å²) >= 11 is 12.5. The highest BCUT2D eigenvalue weighted by Gasteiger charge is 2.13. The molecule has 0 fully saturated rings. The molecule has 148 valence electrons. The van der Waals surface area contributed by atoms with Crippen LogP contribution in [0, 0.1) is 0 Å². The number of benzene rings is 2. The number of methoxy groups -OCH3 is 3. The highest BCUT2D eigenvalue weighted by atomic mass is 35.5. The van der Waals surface area contributed by atoms with Crippen LogP contribution >= 0.6 is 23.2 Å². The van der Waals surface area contributed by atoms with Crippen molar-refractivity contribution in [3.05, 3.63) is 52.6 Å². The minimum Gasteiger partial charge on any atom is -0.495 e. The number of hydrogen-bond donors (Lipinski definition) is 1. The average molecular weight is 430 g/mol.